The van der Waals surface area contributed by atoms with Crippen LogP contribution in [0.3, 0.4) is 0 Å². The van der Waals surface area contributed by atoms with E-state index in [1.54, 1.807) is 13.3 Å². The molecular weight excluding hydrogens is 332 g/mol. The summed E-state index contributed by atoms with van der Waals surface area (Å²) in [5.41, 5.74) is 2.05. The smallest absolute Gasteiger partial charge is 0.259 e. The van der Waals surface area contributed by atoms with Crippen LogP contribution in [-0.4, -0.2) is 34.9 Å². The van der Waals surface area contributed by atoms with Crippen LogP contribution >= 0.6 is 0 Å². The summed E-state index contributed by atoms with van der Waals surface area (Å²) in [7, 11) is 1.59. The summed E-state index contributed by atoms with van der Waals surface area (Å²) in [6, 6.07) is 12.0. The van der Waals surface area contributed by atoms with Gasteiger partial charge in [0.25, 0.3) is 5.89 Å². The molecule has 0 bridgehead atoms. The lowest BCUT2D eigenvalue weighted by Gasteiger charge is -2.26. The molecule has 0 aliphatic carbocycles. The lowest BCUT2D eigenvalue weighted by atomic mass is 10.0. The highest BCUT2D eigenvalue weighted by Gasteiger charge is 2.19. The zero-order valence-corrected chi connectivity index (χ0v) is 14.5. The lowest BCUT2D eigenvalue weighted by molar-refractivity contribution is 0.174. The first-order valence-corrected chi connectivity index (χ1v) is 8.58. The van der Waals surface area contributed by atoms with Gasteiger partial charge in [0.15, 0.2) is 5.82 Å². The number of anilines is 1. The summed E-state index contributed by atoms with van der Waals surface area (Å²) >= 11 is 0. The van der Waals surface area contributed by atoms with Crippen molar-refractivity contribution in [3.63, 3.8) is 0 Å². The Labute approximate surface area is 151 Å². The van der Waals surface area contributed by atoms with Crippen LogP contribution in [0.2, 0.25) is 0 Å². The SMILES string of the molecule is COCc1noc(-c2ccc(NC[C@H]3CCc4ccccc4O3)nc2)n1. The monoisotopic (exact) mass is 352 g/mol. The Bertz CT molecular complexity index is 863. The molecule has 0 radical (unpaired) electrons. The van der Waals surface area contributed by atoms with Gasteiger partial charge < -0.3 is 19.3 Å². The summed E-state index contributed by atoms with van der Waals surface area (Å²) in [4.78, 5) is 8.67. The maximum Gasteiger partial charge on any atom is 0.259 e. The van der Waals surface area contributed by atoms with Crippen LogP contribution in [0, 0.1) is 0 Å². The van der Waals surface area contributed by atoms with Crippen LogP contribution in [0.5, 0.6) is 5.75 Å². The minimum atomic E-state index is 0.138. The van der Waals surface area contributed by atoms with Gasteiger partial charge in [-0.1, -0.05) is 23.4 Å². The van der Waals surface area contributed by atoms with Gasteiger partial charge in [-0.05, 0) is 36.6 Å². The van der Waals surface area contributed by atoms with Crippen molar-refractivity contribution in [1.82, 2.24) is 15.1 Å². The number of nitrogens with zero attached hydrogens (tertiary/aromatic N) is 3. The van der Waals surface area contributed by atoms with Crippen LogP contribution in [-0.2, 0) is 17.8 Å². The van der Waals surface area contributed by atoms with Crippen LogP contribution in [0.25, 0.3) is 11.5 Å². The first kappa shape index (κ1) is 16.5. The highest BCUT2D eigenvalue weighted by molar-refractivity contribution is 5.54. The van der Waals surface area contributed by atoms with Crippen LogP contribution < -0.4 is 10.1 Å². The van der Waals surface area contributed by atoms with E-state index in [9.17, 15) is 0 Å². The third kappa shape index (κ3) is 3.67. The fourth-order valence-corrected chi connectivity index (χ4v) is 2.93. The van der Waals surface area contributed by atoms with Gasteiger partial charge in [0.2, 0.25) is 0 Å². The first-order chi connectivity index (χ1) is 12.8. The summed E-state index contributed by atoms with van der Waals surface area (Å²) < 4.78 is 16.2. The molecule has 1 aromatic carbocycles. The van der Waals surface area contributed by atoms with E-state index >= 15 is 0 Å². The number of methoxy groups -OCH3 is 1. The van der Waals surface area contributed by atoms with Gasteiger partial charge in [0, 0.05) is 13.3 Å². The lowest BCUT2D eigenvalue weighted by Crippen LogP contribution is -2.30. The predicted octanol–water partition coefficient (Wildman–Crippen LogP) is 3.08. The number of aromatic nitrogens is 3. The van der Waals surface area contributed by atoms with Crippen molar-refractivity contribution < 1.29 is 14.0 Å². The normalized spacial score (nSPS) is 16.0. The molecule has 1 atom stereocenters. The molecule has 4 rings (SSSR count). The first-order valence-electron chi connectivity index (χ1n) is 8.58. The molecular formula is C19H20N4O3. The minimum Gasteiger partial charge on any atom is -0.488 e. The van der Waals surface area contributed by atoms with Crippen LogP contribution in [0.1, 0.15) is 17.8 Å². The Kier molecular flexibility index (Phi) is 4.79. The molecule has 7 heteroatoms. The number of fused-ring (bicyclic) bond motifs is 1. The van der Waals surface area contributed by atoms with E-state index in [1.807, 2.05) is 30.3 Å². The van der Waals surface area contributed by atoms with Crippen molar-refractivity contribution >= 4 is 5.82 Å². The molecule has 0 amide bonds. The zero-order valence-electron chi connectivity index (χ0n) is 14.5. The topological polar surface area (TPSA) is 82.3 Å². The number of hydrogen-bond donors (Lipinski definition) is 1. The van der Waals surface area contributed by atoms with Gasteiger partial charge in [0.1, 0.15) is 24.3 Å². The highest BCUT2D eigenvalue weighted by atomic mass is 16.5. The van der Waals surface area contributed by atoms with Gasteiger partial charge >= 0.3 is 0 Å². The number of aryl methyl sites for hydroxylation is 1. The molecule has 0 fully saturated rings. The Morgan fingerprint density at radius 1 is 1.23 bits per heavy atom. The van der Waals surface area contributed by atoms with Gasteiger partial charge in [0.05, 0.1) is 12.1 Å². The van der Waals surface area contributed by atoms with Gasteiger partial charge in [-0.25, -0.2) is 4.98 Å². The van der Waals surface area contributed by atoms with Crippen LogP contribution in [0.15, 0.2) is 47.1 Å². The Morgan fingerprint density at radius 2 is 2.15 bits per heavy atom. The van der Waals surface area contributed by atoms with E-state index in [-0.39, 0.29) is 6.10 Å². The van der Waals surface area contributed by atoms with E-state index in [0.717, 1.165) is 30.0 Å². The number of nitrogens with one attached hydrogen (secondary N) is 1. The predicted molar refractivity (Wildman–Crippen MR) is 95.9 cm³/mol. The summed E-state index contributed by atoms with van der Waals surface area (Å²) in [5.74, 6) is 2.72. The van der Waals surface area contributed by atoms with Gasteiger partial charge in [-0.15, -0.1) is 0 Å². The molecule has 0 unspecified atom stereocenters. The van der Waals surface area contributed by atoms with E-state index in [2.05, 4.69) is 26.5 Å². The van der Waals surface area contributed by atoms with Gasteiger partial charge in [-0.2, -0.15) is 4.98 Å². The molecule has 26 heavy (non-hydrogen) atoms. The number of ether oxygens (including phenoxy) is 2. The maximum atomic E-state index is 6.04. The third-order valence-corrected chi connectivity index (χ3v) is 4.26. The molecule has 0 spiro atoms. The van der Waals surface area contributed by atoms with E-state index in [1.165, 1.54) is 5.56 Å². The van der Waals surface area contributed by atoms with Crippen molar-refractivity contribution in [1.29, 1.82) is 0 Å². The fraction of sp³-hybridized carbons (Fsp3) is 0.316. The molecule has 3 heterocycles. The van der Waals surface area contributed by atoms with Gasteiger partial charge in [-0.3, -0.25) is 0 Å². The highest BCUT2D eigenvalue weighted by Crippen LogP contribution is 2.27. The van der Waals surface area contributed by atoms with Crippen molar-refractivity contribution in [2.75, 3.05) is 19.0 Å². The van der Waals surface area contributed by atoms with Crippen LogP contribution in [0.4, 0.5) is 5.82 Å². The molecule has 134 valence electrons. The Hall–Kier alpha value is -2.93. The fourth-order valence-electron chi connectivity index (χ4n) is 2.93. The zero-order chi connectivity index (χ0) is 17.8. The van der Waals surface area contributed by atoms with Crippen molar-refractivity contribution in [3.05, 3.63) is 54.0 Å². The maximum absolute atomic E-state index is 6.04. The molecule has 0 saturated carbocycles. The summed E-state index contributed by atoms with van der Waals surface area (Å²) in [6.07, 6.45) is 3.88. The number of rotatable bonds is 6. The van der Waals surface area contributed by atoms with E-state index < -0.39 is 0 Å². The molecule has 1 N–H and O–H groups in total. The number of para-hydroxylation sites is 1. The number of pyridine rings is 1. The second-order valence-electron chi connectivity index (χ2n) is 6.15. The van der Waals surface area contributed by atoms with E-state index in [0.29, 0.717) is 24.9 Å². The van der Waals surface area contributed by atoms with Crippen molar-refractivity contribution in [2.45, 2.75) is 25.6 Å². The average Bonchev–Trinajstić information content (AvgIpc) is 3.15. The summed E-state index contributed by atoms with van der Waals surface area (Å²) in [6.45, 7) is 1.03. The minimum absolute atomic E-state index is 0.138. The number of benzene rings is 1. The largest absolute Gasteiger partial charge is 0.488 e. The Balaban J connectivity index is 1.34. The average molecular weight is 352 g/mol. The molecule has 7 nitrogen and oxygen atoms in total. The number of hydrogen-bond acceptors (Lipinski definition) is 7. The molecule has 1 aliphatic rings. The molecule has 3 aromatic rings. The van der Waals surface area contributed by atoms with E-state index in [4.69, 9.17) is 14.0 Å². The molecule has 0 saturated heterocycles. The third-order valence-electron chi connectivity index (χ3n) is 4.26. The second kappa shape index (κ2) is 7.53. The standard InChI is InChI=1S/C19H20N4O3/c1-24-12-18-22-19(26-23-18)14-7-9-17(20-10-14)21-11-15-8-6-13-4-2-3-5-16(13)25-15/h2-5,7,9-10,15H,6,8,11-12H2,1H3,(H,20,21)/t15-/m1/s1. The summed E-state index contributed by atoms with van der Waals surface area (Å²) in [5, 5.41) is 7.18. The van der Waals surface area contributed by atoms with Crippen molar-refractivity contribution in [2.24, 2.45) is 0 Å². The Morgan fingerprint density at radius 3 is 3.00 bits per heavy atom. The second-order valence-corrected chi connectivity index (χ2v) is 6.15. The van der Waals surface area contributed by atoms with Crippen molar-refractivity contribution in [3.8, 4) is 17.2 Å². The molecule has 1 aliphatic heterocycles. The molecule has 2 aromatic heterocycles. The quantitative estimate of drug-likeness (QED) is 0.730.